The van der Waals surface area contributed by atoms with Gasteiger partial charge in [0.15, 0.2) is 0 Å². The van der Waals surface area contributed by atoms with E-state index in [9.17, 15) is 4.79 Å². The molecule has 1 amide bonds. The zero-order valence-electron chi connectivity index (χ0n) is 11.5. The summed E-state index contributed by atoms with van der Waals surface area (Å²) in [7, 11) is 0. The molecule has 0 unspecified atom stereocenters. The number of nitrogens with two attached hydrogens (primary N) is 1. The highest BCUT2D eigenvalue weighted by Gasteiger charge is 2.21. The van der Waals surface area contributed by atoms with E-state index >= 15 is 0 Å². The number of nitrogens with one attached hydrogen (secondary N) is 1. The minimum Gasteiger partial charge on any atom is -0.352 e. The first-order chi connectivity index (χ1) is 7.88. The van der Waals surface area contributed by atoms with Gasteiger partial charge in [-0.3, -0.25) is 9.48 Å². The highest BCUT2D eigenvalue weighted by molar-refractivity contribution is 5.95. The van der Waals surface area contributed by atoms with Crippen molar-refractivity contribution in [2.45, 2.75) is 39.7 Å². The molecule has 6 heteroatoms. The first kappa shape index (κ1) is 16.9. The molecule has 5 nitrogen and oxygen atoms in total. The maximum atomic E-state index is 11.9. The molecule has 0 aliphatic heterocycles. The van der Waals surface area contributed by atoms with Crippen molar-refractivity contribution in [3.63, 3.8) is 0 Å². The number of nitrogens with zero attached hydrogens (tertiary/aromatic N) is 2. The monoisotopic (exact) mass is 274 g/mol. The summed E-state index contributed by atoms with van der Waals surface area (Å²) in [5.74, 6) is -0.0774. The number of amides is 1. The molecule has 3 N–H and O–H groups in total. The molecular weight excluding hydrogens is 252 g/mol. The van der Waals surface area contributed by atoms with E-state index in [1.165, 1.54) is 0 Å². The zero-order valence-corrected chi connectivity index (χ0v) is 12.3. The Kier molecular flexibility index (Phi) is 6.35. The number of aromatic nitrogens is 2. The molecule has 0 aromatic carbocycles. The summed E-state index contributed by atoms with van der Waals surface area (Å²) >= 11 is 0. The van der Waals surface area contributed by atoms with E-state index in [2.05, 4.69) is 31.2 Å². The van der Waals surface area contributed by atoms with Gasteiger partial charge in [-0.25, -0.2) is 0 Å². The van der Waals surface area contributed by atoms with Crippen LogP contribution in [-0.2, 0) is 5.54 Å². The Labute approximate surface area is 115 Å². The van der Waals surface area contributed by atoms with Gasteiger partial charge in [-0.2, -0.15) is 5.10 Å². The first-order valence-corrected chi connectivity index (χ1v) is 5.91. The van der Waals surface area contributed by atoms with Crippen LogP contribution in [0.2, 0.25) is 0 Å². The average molecular weight is 275 g/mol. The molecule has 0 radical (unpaired) electrons. The van der Waals surface area contributed by atoms with Gasteiger partial charge in [-0.05, 0) is 40.7 Å². The maximum absolute atomic E-state index is 11.9. The van der Waals surface area contributed by atoms with Gasteiger partial charge in [-0.15, -0.1) is 12.4 Å². The molecule has 0 spiro atoms. The first-order valence-electron chi connectivity index (χ1n) is 5.91. The van der Waals surface area contributed by atoms with Gasteiger partial charge in [0.25, 0.3) is 5.91 Å². The number of hydrogen-bond donors (Lipinski definition) is 2. The molecule has 1 rings (SSSR count). The summed E-state index contributed by atoms with van der Waals surface area (Å²) in [6.07, 6.45) is 2.41. The lowest BCUT2D eigenvalue weighted by Crippen LogP contribution is -2.28. The van der Waals surface area contributed by atoms with Crippen LogP contribution in [0.5, 0.6) is 0 Å². The van der Waals surface area contributed by atoms with Crippen LogP contribution in [0.1, 0.15) is 43.2 Å². The molecule has 18 heavy (non-hydrogen) atoms. The third-order valence-electron chi connectivity index (χ3n) is 2.56. The highest BCUT2D eigenvalue weighted by Crippen LogP contribution is 2.18. The quantitative estimate of drug-likeness (QED) is 0.816. The van der Waals surface area contributed by atoms with Crippen LogP contribution in [0.3, 0.4) is 0 Å². The van der Waals surface area contributed by atoms with Gasteiger partial charge < -0.3 is 11.1 Å². The van der Waals surface area contributed by atoms with Crippen LogP contribution in [0.4, 0.5) is 0 Å². The Morgan fingerprint density at radius 1 is 1.50 bits per heavy atom. The predicted molar refractivity (Wildman–Crippen MR) is 75.2 cm³/mol. The van der Waals surface area contributed by atoms with Crippen molar-refractivity contribution in [3.05, 3.63) is 17.5 Å². The van der Waals surface area contributed by atoms with Crippen LogP contribution in [0, 0.1) is 6.92 Å². The molecule has 0 saturated carbocycles. The Morgan fingerprint density at radius 2 is 2.11 bits per heavy atom. The molecule has 0 atom stereocenters. The van der Waals surface area contributed by atoms with Crippen LogP contribution in [0.15, 0.2) is 6.20 Å². The lowest BCUT2D eigenvalue weighted by Gasteiger charge is -2.21. The largest absolute Gasteiger partial charge is 0.352 e. The third-order valence-corrected chi connectivity index (χ3v) is 2.56. The highest BCUT2D eigenvalue weighted by atomic mass is 35.5. The minimum absolute atomic E-state index is 0. The van der Waals surface area contributed by atoms with Crippen LogP contribution in [-0.4, -0.2) is 28.8 Å². The Bertz CT molecular complexity index is 395. The molecule has 104 valence electrons. The van der Waals surface area contributed by atoms with E-state index in [0.717, 1.165) is 12.1 Å². The second kappa shape index (κ2) is 6.75. The van der Waals surface area contributed by atoms with Crippen molar-refractivity contribution in [2.24, 2.45) is 5.73 Å². The SMILES string of the molecule is Cc1c(C(=O)NCCCN)cnn1C(C)(C)C.Cl. The molecule has 0 aliphatic rings. The zero-order chi connectivity index (χ0) is 13.1. The summed E-state index contributed by atoms with van der Waals surface area (Å²) in [6, 6.07) is 0. The van der Waals surface area contributed by atoms with E-state index in [-0.39, 0.29) is 23.9 Å². The van der Waals surface area contributed by atoms with Crippen molar-refractivity contribution in [1.82, 2.24) is 15.1 Å². The second-order valence-corrected chi connectivity index (χ2v) is 5.12. The van der Waals surface area contributed by atoms with Crippen molar-refractivity contribution in [3.8, 4) is 0 Å². The molecular formula is C12H23ClN4O. The fraction of sp³-hybridized carbons (Fsp3) is 0.667. The molecule has 0 aliphatic carbocycles. The van der Waals surface area contributed by atoms with Gasteiger partial charge in [-0.1, -0.05) is 0 Å². The van der Waals surface area contributed by atoms with E-state index in [0.29, 0.717) is 18.7 Å². The molecule has 0 fully saturated rings. The van der Waals surface area contributed by atoms with Crippen molar-refractivity contribution in [1.29, 1.82) is 0 Å². The lowest BCUT2D eigenvalue weighted by molar-refractivity contribution is 0.0952. The lowest BCUT2D eigenvalue weighted by atomic mass is 10.1. The summed E-state index contributed by atoms with van der Waals surface area (Å²) in [5.41, 5.74) is 6.79. The fourth-order valence-electron chi connectivity index (χ4n) is 1.71. The summed E-state index contributed by atoms with van der Waals surface area (Å²) in [6.45, 7) is 9.28. The summed E-state index contributed by atoms with van der Waals surface area (Å²) in [4.78, 5) is 11.9. The Balaban J connectivity index is 0.00000289. The number of carbonyl (C=O) groups excluding carboxylic acids is 1. The van der Waals surface area contributed by atoms with Gasteiger partial charge in [0.2, 0.25) is 0 Å². The van der Waals surface area contributed by atoms with E-state index in [1.807, 2.05) is 11.6 Å². The maximum Gasteiger partial charge on any atom is 0.254 e. The summed E-state index contributed by atoms with van der Waals surface area (Å²) in [5, 5.41) is 7.10. The van der Waals surface area contributed by atoms with Crippen LogP contribution in [0.25, 0.3) is 0 Å². The summed E-state index contributed by atoms with van der Waals surface area (Å²) < 4.78 is 1.87. The second-order valence-electron chi connectivity index (χ2n) is 5.12. The van der Waals surface area contributed by atoms with Gasteiger partial charge >= 0.3 is 0 Å². The van der Waals surface area contributed by atoms with Crippen molar-refractivity contribution < 1.29 is 4.79 Å². The van der Waals surface area contributed by atoms with Crippen LogP contribution >= 0.6 is 12.4 Å². The van der Waals surface area contributed by atoms with Crippen LogP contribution < -0.4 is 11.1 Å². The van der Waals surface area contributed by atoms with Gasteiger partial charge in [0.05, 0.1) is 17.3 Å². The molecule has 1 aromatic heterocycles. The predicted octanol–water partition coefficient (Wildman–Crippen LogP) is 1.45. The van der Waals surface area contributed by atoms with E-state index in [1.54, 1.807) is 6.20 Å². The van der Waals surface area contributed by atoms with E-state index in [4.69, 9.17) is 5.73 Å². The fourth-order valence-corrected chi connectivity index (χ4v) is 1.71. The van der Waals surface area contributed by atoms with Crippen molar-refractivity contribution in [2.75, 3.05) is 13.1 Å². The third kappa shape index (κ3) is 3.99. The molecule has 1 aromatic rings. The minimum atomic E-state index is -0.111. The topological polar surface area (TPSA) is 72.9 Å². The normalized spacial score (nSPS) is 10.9. The Morgan fingerprint density at radius 3 is 2.56 bits per heavy atom. The van der Waals surface area contributed by atoms with Gasteiger partial charge in [0.1, 0.15) is 0 Å². The Hall–Kier alpha value is -1.07. The molecule has 0 bridgehead atoms. The number of rotatable bonds is 4. The van der Waals surface area contributed by atoms with Crippen molar-refractivity contribution >= 4 is 18.3 Å². The van der Waals surface area contributed by atoms with Gasteiger partial charge in [0, 0.05) is 12.2 Å². The average Bonchev–Trinajstić information content (AvgIpc) is 2.59. The number of hydrogen-bond acceptors (Lipinski definition) is 3. The standard InChI is InChI=1S/C12H22N4O.ClH/c1-9-10(11(17)14-7-5-6-13)8-15-16(9)12(2,3)4;/h8H,5-7,13H2,1-4H3,(H,14,17);1H. The number of carbonyl (C=O) groups is 1. The smallest absolute Gasteiger partial charge is 0.254 e. The number of halogens is 1. The molecule has 0 saturated heterocycles. The molecule has 1 heterocycles. The van der Waals surface area contributed by atoms with E-state index < -0.39 is 0 Å².